The third-order valence-electron chi connectivity index (χ3n) is 4.25. The molecule has 0 N–H and O–H groups in total. The molecule has 5 nitrogen and oxygen atoms in total. The standard InChI is InChI=1S/C21H20N4OS/c1-3-25-20(17-11-7-8-15(2)12-17)23-24-21(25)27-14-19-22-13-18(26-19)16-9-5-4-6-10-16/h4-13H,3,14H2,1-2H3. The molecule has 0 radical (unpaired) electrons. The van der Waals surface area contributed by atoms with Gasteiger partial charge in [0.2, 0.25) is 5.89 Å². The van der Waals surface area contributed by atoms with Crippen molar-refractivity contribution in [1.82, 2.24) is 19.7 Å². The van der Waals surface area contributed by atoms with E-state index in [-0.39, 0.29) is 0 Å². The van der Waals surface area contributed by atoms with Crippen LogP contribution in [0.3, 0.4) is 0 Å². The molecule has 2 aromatic carbocycles. The lowest BCUT2D eigenvalue weighted by Crippen LogP contribution is -2.00. The summed E-state index contributed by atoms with van der Waals surface area (Å²) in [5.41, 5.74) is 3.32. The van der Waals surface area contributed by atoms with Crippen LogP contribution in [0.2, 0.25) is 0 Å². The van der Waals surface area contributed by atoms with Crippen molar-refractivity contribution in [2.75, 3.05) is 0 Å². The Bertz CT molecular complexity index is 1040. The molecular formula is C21H20N4OS. The number of benzene rings is 2. The number of oxazole rings is 1. The molecule has 0 spiro atoms. The minimum atomic E-state index is 0.610. The van der Waals surface area contributed by atoms with Crippen molar-refractivity contribution >= 4 is 11.8 Å². The second-order valence-corrected chi connectivity index (χ2v) is 7.14. The Morgan fingerprint density at radius 1 is 1.00 bits per heavy atom. The Morgan fingerprint density at radius 2 is 1.81 bits per heavy atom. The van der Waals surface area contributed by atoms with E-state index < -0.39 is 0 Å². The second kappa shape index (κ2) is 7.80. The van der Waals surface area contributed by atoms with Crippen LogP contribution in [0.1, 0.15) is 18.4 Å². The molecule has 0 saturated heterocycles. The maximum Gasteiger partial charge on any atom is 0.205 e. The molecule has 0 saturated carbocycles. The molecule has 0 amide bonds. The average molecular weight is 376 g/mol. The first-order chi connectivity index (χ1) is 13.2. The molecule has 0 atom stereocenters. The van der Waals surface area contributed by atoms with E-state index in [9.17, 15) is 0 Å². The molecule has 2 aromatic heterocycles. The van der Waals surface area contributed by atoms with Crippen LogP contribution in [0.5, 0.6) is 0 Å². The Hall–Kier alpha value is -2.86. The summed E-state index contributed by atoms with van der Waals surface area (Å²) >= 11 is 1.59. The van der Waals surface area contributed by atoms with E-state index in [4.69, 9.17) is 4.42 Å². The highest BCUT2D eigenvalue weighted by molar-refractivity contribution is 7.98. The minimum Gasteiger partial charge on any atom is -0.440 e. The van der Waals surface area contributed by atoms with Crippen LogP contribution < -0.4 is 0 Å². The SMILES string of the molecule is CCn1c(SCc2ncc(-c3ccccc3)o2)nnc1-c1cccc(C)c1. The molecule has 0 aliphatic heterocycles. The van der Waals surface area contributed by atoms with Crippen LogP contribution in [0.4, 0.5) is 0 Å². The Kier molecular flexibility index (Phi) is 5.07. The molecule has 6 heteroatoms. The zero-order valence-corrected chi connectivity index (χ0v) is 16.1. The summed E-state index contributed by atoms with van der Waals surface area (Å²) in [5, 5.41) is 9.65. The summed E-state index contributed by atoms with van der Waals surface area (Å²) in [6, 6.07) is 18.3. The van der Waals surface area contributed by atoms with Gasteiger partial charge >= 0.3 is 0 Å². The quantitative estimate of drug-likeness (QED) is 0.432. The Labute approximate surface area is 162 Å². The molecule has 136 valence electrons. The smallest absolute Gasteiger partial charge is 0.205 e. The number of hydrogen-bond acceptors (Lipinski definition) is 5. The number of thioether (sulfide) groups is 1. The molecule has 27 heavy (non-hydrogen) atoms. The van der Waals surface area contributed by atoms with Crippen molar-refractivity contribution in [1.29, 1.82) is 0 Å². The Balaban J connectivity index is 1.52. The minimum absolute atomic E-state index is 0.610. The van der Waals surface area contributed by atoms with Gasteiger partial charge in [0.15, 0.2) is 16.7 Å². The van der Waals surface area contributed by atoms with E-state index in [1.807, 2.05) is 36.4 Å². The fourth-order valence-electron chi connectivity index (χ4n) is 2.92. The summed E-state index contributed by atoms with van der Waals surface area (Å²) in [6.07, 6.45) is 1.77. The maximum atomic E-state index is 5.88. The third-order valence-corrected chi connectivity index (χ3v) is 5.20. The zero-order chi connectivity index (χ0) is 18.6. The first-order valence-corrected chi connectivity index (χ1v) is 9.86. The number of rotatable bonds is 6. The lowest BCUT2D eigenvalue weighted by Gasteiger charge is -2.07. The van der Waals surface area contributed by atoms with Gasteiger partial charge in [-0.15, -0.1) is 10.2 Å². The molecule has 0 aliphatic carbocycles. The van der Waals surface area contributed by atoms with Crippen LogP contribution in [0.25, 0.3) is 22.7 Å². The van der Waals surface area contributed by atoms with Gasteiger partial charge in [-0.1, -0.05) is 65.9 Å². The number of nitrogens with zero attached hydrogens (tertiary/aromatic N) is 4. The van der Waals surface area contributed by atoms with Crippen molar-refractivity contribution in [3.63, 3.8) is 0 Å². The van der Waals surface area contributed by atoms with Gasteiger partial charge in [-0.25, -0.2) is 4.98 Å². The van der Waals surface area contributed by atoms with E-state index in [1.54, 1.807) is 18.0 Å². The second-order valence-electron chi connectivity index (χ2n) is 6.19. The largest absolute Gasteiger partial charge is 0.440 e. The van der Waals surface area contributed by atoms with Crippen LogP contribution >= 0.6 is 11.8 Å². The topological polar surface area (TPSA) is 56.7 Å². The maximum absolute atomic E-state index is 5.88. The first kappa shape index (κ1) is 17.5. The van der Waals surface area contributed by atoms with Gasteiger partial charge in [0.25, 0.3) is 0 Å². The van der Waals surface area contributed by atoms with Crippen molar-refractivity contribution in [2.45, 2.75) is 31.3 Å². The van der Waals surface area contributed by atoms with Gasteiger partial charge in [0, 0.05) is 17.7 Å². The number of aryl methyl sites for hydroxylation is 1. The molecule has 0 unspecified atom stereocenters. The molecule has 0 fully saturated rings. The molecule has 4 rings (SSSR count). The van der Waals surface area contributed by atoms with Crippen molar-refractivity contribution in [3.05, 3.63) is 72.2 Å². The van der Waals surface area contributed by atoms with Gasteiger partial charge in [-0.05, 0) is 19.9 Å². The summed E-state index contributed by atoms with van der Waals surface area (Å²) < 4.78 is 8.01. The normalized spacial score (nSPS) is 11.0. The molecular weight excluding hydrogens is 356 g/mol. The number of aromatic nitrogens is 4. The molecule has 0 bridgehead atoms. The summed E-state index contributed by atoms with van der Waals surface area (Å²) in [6.45, 7) is 4.99. The molecule has 2 heterocycles. The highest BCUT2D eigenvalue weighted by Crippen LogP contribution is 2.28. The van der Waals surface area contributed by atoms with E-state index in [0.29, 0.717) is 11.6 Å². The van der Waals surface area contributed by atoms with Gasteiger partial charge in [-0.2, -0.15) is 0 Å². The van der Waals surface area contributed by atoms with Gasteiger partial charge < -0.3 is 8.98 Å². The fourth-order valence-corrected chi connectivity index (χ4v) is 3.77. The molecule has 0 aliphatic rings. The van der Waals surface area contributed by atoms with E-state index >= 15 is 0 Å². The van der Waals surface area contributed by atoms with E-state index in [1.165, 1.54) is 5.56 Å². The van der Waals surface area contributed by atoms with Crippen LogP contribution in [0.15, 0.2) is 70.4 Å². The van der Waals surface area contributed by atoms with Gasteiger partial charge in [-0.3, -0.25) is 0 Å². The first-order valence-electron chi connectivity index (χ1n) is 8.87. The summed E-state index contributed by atoms with van der Waals surface area (Å²) in [4.78, 5) is 4.39. The lowest BCUT2D eigenvalue weighted by atomic mass is 10.1. The summed E-state index contributed by atoms with van der Waals surface area (Å²) in [7, 11) is 0. The highest BCUT2D eigenvalue weighted by atomic mass is 32.2. The van der Waals surface area contributed by atoms with Gasteiger partial charge in [0.1, 0.15) is 0 Å². The monoisotopic (exact) mass is 376 g/mol. The lowest BCUT2D eigenvalue weighted by molar-refractivity contribution is 0.529. The number of hydrogen-bond donors (Lipinski definition) is 0. The summed E-state index contributed by atoms with van der Waals surface area (Å²) in [5.74, 6) is 2.96. The molecule has 4 aromatic rings. The van der Waals surface area contributed by atoms with Crippen LogP contribution in [-0.2, 0) is 12.3 Å². The predicted octanol–water partition coefficient (Wildman–Crippen LogP) is 5.22. The third kappa shape index (κ3) is 3.80. The van der Waals surface area contributed by atoms with Crippen molar-refractivity contribution in [3.8, 4) is 22.7 Å². The van der Waals surface area contributed by atoms with Crippen molar-refractivity contribution in [2.24, 2.45) is 0 Å². The fraction of sp³-hybridized carbons (Fsp3) is 0.190. The predicted molar refractivity (Wildman–Crippen MR) is 107 cm³/mol. The van der Waals surface area contributed by atoms with E-state index in [2.05, 4.69) is 51.8 Å². The van der Waals surface area contributed by atoms with Crippen molar-refractivity contribution < 1.29 is 4.42 Å². The Morgan fingerprint density at radius 3 is 2.59 bits per heavy atom. The van der Waals surface area contributed by atoms with E-state index in [0.717, 1.165) is 34.4 Å². The van der Waals surface area contributed by atoms with Crippen LogP contribution in [-0.4, -0.2) is 19.7 Å². The van der Waals surface area contributed by atoms with Gasteiger partial charge in [0.05, 0.1) is 11.9 Å². The highest BCUT2D eigenvalue weighted by Gasteiger charge is 2.15. The average Bonchev–Trinajstić information content (AvgIpc) is 3.34. The van der Waals surface area contributed by atoms with Crippen LogP contribution in [0, 0.1) is 6.92 Å². The zero-order valence-electron chi connectivity index (χ0n) is 15.3.